The van der Waals surface area contributed by atoms with Crippen LogP contribution in [0.1, 0.15) is 150 Å². The van der Waals surface area contributed by atoms with Gasteiger partial charge in [-0.05, 0) is 52.5 Å². The zero-order chi connectivity index (χ0) is 31.1. The SMILES string of the molecule is C=C1C[C@H]2O[C@H]2[C@@](C)(O)CCC2[C@H]1CO[C@@]2(/C=C/C=C(C)C)COC(=O)CCCCCCCCCCCCCCCCC. The number of esters is 1. The molecular formula is C38H64O5. The molecule has 0 aromatic heterocycles. The summed E-state index contributed by atoms with van der Waals surface area (Å²) in [7, 11) is 0. The van der Waals surface area contributed by atoms with Gasteiger partial charge in [0.15, 0.2) is 0 Å². The predicted octanol–water partition coefficient (Wildman–Crippen LogP) is 9.57. The van der Waals surface area contributed by atoms with Gasteiger partial charge in [-0.15, -0.1) is 0 Å². The topological polar surface area (TPSA) is 68.3 Å². The van der Waals surface area contributed by atoms with Gasteiger partial charge in [-0.3, -0.25) is 4.79 Å². The molecule has 6 atom stereocenters. The van der Waals surface area contributed by atoms with E-state index >= 15 is 0 Å². The zero-order valence-corrected chi connectivity index (χ0v) is 28.2. The van der Waals surface area contributed by atoms with Gasteiger partial charge in [0.2, 0.25) is 0 Å². The lowest BCUT2D eigenvalue weighted by molar-refractivity contribution is -0.151. The maximum Gasteiger partial charge on any atom is 0.305 e. The van der Waals surface area contributed by atoms with E-state index in [-0.39, 0.29) is 36.6 Å². The summed E-state index contributed by atoms with van der Waals surface area (Å²) < 4.78 is 18.2. The monoisotopic (exact) mass is 600 g/mol. The molecule has 1 unspecified atom stereocenters. The first-order valence-electron chi connectivity index (χ1n) is 17.9. The molecule has 2 heterocycles. The molecule has 3 aliphatic rings. The molecule has 1 N–H and O–H groups in total. The quantitative estimate of drug-likeness (QED) is 0.0495. The third-order valence-electron chi connectivity index (χ3n) is 10.0. The minimum atomic E-state index is -0.873. The molecule has 1 aliphatic carbocycles. The summed E-state index contributed by atoms with van der Waals surface area (Å²) in [5, 5.41) is 11.1. The minimum Gasteiger partial charge on any atom is -0.462 e. The van der Waals surface area contributed by atoms with Crippen LogP contribution in [0.2, 0.25) is 0 Å². The van der Waals surface area contributed by atoms with E-state index in [2.05, 4.69) is 39.5 Å². The highest BCUT2D eigenvalue weighted by atomic mass is 16.6. The molecule has 246 valence electrons. The smallest absolute Gasteiger partial charge is 0.305 e. The van der Waals surface area contributed by atoms with Crippen LogP contribution in [-0.2, 0) is 19.0 Å². The predicted molar refractivity (Wildman–Crippen MR) is 177 cm³/mol. The lowest BCUT2D eigenvalue weighted by Gasteiger charge is -2.34. The number of hydrogen-bond acceptors (Lipinski definition) is 5. The van der Waals surface area contributed by atoms with Crippen molar-refractivity contribution in [2.75, 3.05) is 13.2 Å². The maximum absolute atomic E-state index is 12.8. The molecule has 3 fully saturated rings. The van der Waals surface area contributed by atoms with Crippen LogP contribution in [0.5, 0.6) is 0 Å². The van der Waals surface area contributed by atoms with Crippen molar-refractivity contribution in [2.45, 2.75) is 173 Å². The highest BCUT2D eigenvalue weighted by molar-refractivity contribution is 5.69. The Morgan fingerprint density at radius 3 is 2.14 bits per heavy atom. The van der Waals surface area contributed by atoms with Crippen LogP contribution in [0.25, 0.3) is 0 Å². The summed E-state index contributed by atoms with van der Waals surface area (Å²) in [5.74, 6) is 0.106. The van der Waals surface area contributed by atoms with Crippen LogP contribution < -0.4 is 0 Å². The van der Waals surface area contributed by atoms with E-state index < -0.39 is 11.2 Å². The Morgan fingerprint density at radius 2 is 1.56 bits per heavy atom. The number of carbonyl (C=O) groups is 1. The van der Waals surface area contributed by atoms with Gasteiger partial charge in [-0.1, -0.05) is 127 Å². The lowest BCUT2D eigenvalue weighted by Crippen LogP contribution is -2.42. The van der Waals surface area contributed by atoms with Gasteiger partial charge in [0, 0.05) is 18.3 Å². The first-order chi connectivity index (χ1) is 20.7. The largest absolute Gasteiger partial charge is 0.462 e. The third kappa shape index (κ3) is 12.1. The summed E-state index contributed by atoms with van der Waals surface area (Å²) in [6.07, 6.45) is 28.3. The van der Waals surface area contributed by atoms with E-state index in [1.165, 1.54) is 89.0 Å². The molecule has 0 spiro atoms. The van der Waals surface area contributed by atoms with Crippen LogP contribution in [0.15, 0.2) is 36.0 Å². The van der Waals surface area contributed by atoms with Crippen molar-refractivity contribution in [1.29, 1.82) is 0 Å². The molecule has 3 rings (SSSR count). The Bertz CT molecular complexity index is 900. The molecule has 0 aromatic carbocycles. The Morgan fingerprint density at radius 1 is 0.977 bits per heavy atom. The number of hydrogen-bond donors (Lipinski definition) is 1. The van der Waals surface area contributed by atoms with Crippen molar-refractivity contribution < 1.29 is 24.1 Å². The molecule has 0 bridgehead atoms. The summed E-state index contributed by atoms with van der Waals surface area (Å²) in [6.45, 7) is 13.5. The molecule has 2 saturated heterocycles. The van der Waals surface area contributed by atoms with E-state index in [9.17, 15) is 9.90 Å². The van der Waals surface area contributed by atoms with E-state index in [1.54, 1.807) is 0 Å². The van der Waals surface area contributed by atoms with Crippen molar-refractivity contribution >= 4 is 5.97 Å². The van der Waals surface area contributed by atoms with E-state index in [0.29, 0.717) is 19.4 Å². The molecule has 0 radical (unpaired) electrons. The van der Waals surface area contributed by atoms with Crippen molar-refractivity contribution in [2.24, 2.45) is 11.8 Å². The summed E-state index contributed by atoms with van der Waals surface area (Å²) in [4.78, 5) is 12.8. The number of unbranched alkanes of at least 4 members (excludes halogenated alkanes) is 14. The molecule has 5 heteroatoms. The number of epoxide rings is 1. The molecular weight excluding hydrogens is 536 g/mol. The number of aliphatic hydroxyl groups is 1. The van der Waals surface area contributed by atoms with E-state index in [4.69, 9.17) is 14.2 Å². The zero-order valence-electron chi connectivity index (χ0n) is 28.2. The Labute approximate surface area is 263 Å². The molecule has 43 heavy (non-hydrogen) atoms. The van der Waals surface area contributed by atoms with Gasteiger partial charge < -0.3 is 19.3 Å². The lowest BCUT2D eigenvalue weighted by atomic mass is 9.74. The Balaban J connectivity index is 1.37. The fourth-order valence-corrected chi connectivity index (χ4v) is 7.18. The van der Waals surface area contributed by atoms with Gasteiger partial charge in [-0.2, -0.15) is 0 Å². The normalized spacial score (nSPS) is 30.3. The van der Waals surface area contributed by atoms with Crippen molar-refractivity contribution in [3.05, 3.63) is 36.0 Å². The first kappa shape index (κ1) is 36.0. The molecule has 0 amide bonds. The average molecular weight is 601 g/mol. The standard InChI is InChI=1S/C38H64O5/c1-6-7-8-9-10-11-12-13-14-15-16-17-18-19-20-23-35(39)41-29-38(25-21-22-30(2)3)33-24-26-37(5,40)36-34(43-36)27-31(4)32(33)28-42-38/h21-22,25,32-34,36,40H,4,6-20,23-24,26-29H2,1-3,5H3/b25-21+/t32-,33?,34+,36+,37-,38-/m0/s1. The number of ether oxygens (including phenoxy) is 3. The van der Waals surface area contributed by atoms with Gasteiger partial charge in [-0.25, -0.2) is 0 Å². The summed E-state index contributed by atoms with van der Waals surface area (Å²) in [5.41, 5.74) is 0.736. The highest BCUT2D eigenvalue weighted by Crippen LogP contribution is 2.50. The average Bonchev–Trinajstić information content (AvgIpc) is 3.65. The molecule has 1 saturated carbocycles. The summed E-state index contributed by atoms with van der Waals surface area (Å²) >= 11 is 0. The van der Waals surface area contributed by atoms with Crippen LogP contribution in [0.3, 0.4) is 0 Å². The van der Waals surface area contributed by atoms with Crippen LogP contribution in [0.4, 0.5) is 0 Å². The molecule has 5 nitrogen and oxygen atoms in total. The van der Waals surface area contributed by atoms with Gasteiger partial charge in [0.05, 0.1) is 18.3 Å². The van der Waals surface area contributed by atoms with E-state index in [0.717, 1.165) is 31.3 Å². The third-order valence-corrected chi connectivity index (χ3v) is 10.0. The number of allylic oxidation sites excluding steroid dienone is 3. The van der Waals surface area contributed by atoms with Crippen molar-refractivity contribution in [3.63, 3.8) is 0 Å². The number of carbonyl (C=O) groups excluding carboxylic acids is 1. The summed E-state index contributed by atoms with van der Waals surface area (Å²) in [6, 6.07) is 0. The number of rotatable bonds is 20. The fraction of sp³-hybridized carbons (Fsp3) is 0.816. The fourth-order valence-electron chi connectivity index (χ4n) is 7.18. The first-order valence-corrected chi connectivity index (χ1v) is 17.9. The Kier molecular flexibility index (Phi) is 15.5. The Hall–Kier alpha value is -1.43. The van der Waals surface area contributed by atoms with Crippen molar-refractivity contribution in [3.8, 4) is 0 Å². The minimum absolute atomic E-state index is 0.0465. The van der Waals surface area contributed by atoms with Crippen LogP contribution in [0, 0.1) is 11.8 Å². The second-order valence-corrected chi connectivity index (χ2v) is 14.3. The second kappa shape index (κ2) is 18.5. The van der Waals surface area contributed by atoms with Crippen LogP contribution in [-0.4, -0.2) is 47.7 Å². The van der Waals surface area contributed by atoms with E-state index in [1.807, 2.05) is 13.0 Å². The van der Waals surface area contributed by atoms with Gasteiger partial charge in [0.25, 0.3) is 0 Å². The second-order valence-electron chi connectivity index (χ2n) is 14.3. The highest BCUT2D eigenvalue weighted by Gasteiger charge is 2.56. The molecule has 2 aliphatic heterocycles. The maximum atomic E-state index is 12.8. The van der Waals surface area contributed by atoms with Crippen molar-refractivity contribution in [1.82, 2.24) is 0 Å². The van der Waals surface area contributed by atoms with Gasteiger partial charge in [0.1, 0.15) is 18.3 Å². The number of fused-ring (bicyclic) bond motifs is 2. The van der Waals surface area contributed by atoms with Gasteiger partial charge >= 0.3 is 5.97 Å². The molecule has 0 aromatic rings. The van der Waals surface area contributed by atoms with Crippen LogP contribution >= 0.6 is 0 Å².